The Labute approximate surface area is 193 Å². The van der Waals surface area contributed by atoms with Crippen LogP contribution in [0.2, 0.25) is 0 Å². The van der Waals surface area contributed by atoms with Crippen molar-refractivity contribution in [2.45, 2.75) is 18.2 Å². The fraction of sp³-hybridized carbons (Fsp3) is 0.120. The summed E-state index contributed by atoms with van der Waals surface area (Å²) in [6, 6.07) is 25.4. The summed E-state index contributed by atoms with van der Waals surface area (Å²) >= 11 is 0. The third-order valence-corrected chi connectivity index (χ3v) is 6.03. The summed E-state index contributed by atoms with van der Waals surface area (Å²) in [5, 5.41) is 8.72. The van der Waals surface area contributed by atoms with E-state index >= 15 is 0 Å². The number of hydrazone groups is 1. The zero-order valence-corrected chi connectivity index (χ0v) is 18.9. The number of rotatable bonds is 9. The lowest BCUT2D eigenvalue weighted by molar-refractivity contribution is 0.317. The molecule has 0 aliphatic carbocycles. The molecule has 33 heavy (non-hydrogen) atoms. The Hall–Kier alpha value is -3.91. The number of ether oxygens (including phenoxy) is 1. The molecule has 0 atom stereocenters. The van der Waals surface area contributed by atoms with E-state index in [9.17, 15) is 8.42 Å². The van der Waals surface area contributed by atoms with Crippen molar-refractivity contribution in [3.05, 3.63) is 96.7 Å². The number of hydrogen-bond donors (Lipinski definition) is 1. The molecule has 3 aromatic carbocycles. The van der Waals surface area contributed by atoms with Crippen LogP contribution >= 0.6 is 0 Å². The Bertz CT molecular complexity index is 1320. The van der Waals surface area contributed by atoms with Gasteiger partial charge in [0.05, 0.1) is 23.4 Å². The van der Waals surface area contributed by atoms with Crippen molar-refractivity contribution in [2.75, 3.05) is 6.61 Å². The van der Waals surface area contributed by atoms with E-state index in [4.69, 9.17) is 9.84 Å². The standard InChI is InChI=1S/C25H24N4O3S/c1-2-17-32-23-15-13-20(14-16-23)25-21(19-29(27-25)22-9-5-3-6-10-22)18-26-28-33(30,31)24-11-7-4-8-12-24/h3-16,18-19,28H,2,17H2,1H3. The van der Waals surface area contributed by atoms with Crippen molar-refractivity contribution >= 4 is 16.2 Å². The van der Waals surface area contributed by atoms with Crippen molar-refractivity contribution in [1.29, 1.82) is 0 Å². The predicted octanol–water partition coefficient (Wildman–Crippen LogP) is 4.64. The Balaban J connectivity index is 1.64. The van der Waals surface area contributed by atoms with Gasteiger partial charge in [0.2, 0.25) is 0 Å². The first-order valence-corrected chi connectivity index (χ1v) is 12.0. The molecule has 1 N–H and O–H groups in total. The van der Waals surface area contributed by atoms with Gasteiger partial charge < -0.3 is 4.74 Å². The number of nitrogens with one attached hydrogen (secondary N) is 1. The molecule has 0 aliphatic heterocycles. The van der Waals surface area contributed by atoms with Crippen LogP contribution in [0.15, 0.2) is 101 Å². The molecule has 0 aliphatic rings. The first-order chi connectivity index (χ1) is 16.1. The fourth-order valence-corrected chi connectivity index (χ4v) is 3.98. The lowest BCUT2D eigenvalue weighted by Crippen LogP contribution is -2.18. The zero-order chi connectivity index (χ0) is 23.1. The van der Waals surface area contributed by atoms with Crippen LogP contribution in [0, 0.1) is 0 Å². The van der Waals surface area contributed by atoms with Gasteiger partial charge >= 0.3 is 0 Å². The van der Waals surface area contributed by atoms with E-state index in [2.05, 4.69) is 16.9 Å². The molecule has 0 bridgehead atoms. The molecule has 4 rings (SSSR count). The van der Waals surface area contributed by atoms with Crippen LogP contribution in [0.5, 0.6) is 5.75 Å². The van der Waals surface area contributed by atoms with Crippen molar-refractivity contribution in [3.63, 3.8) is 0 Å². The van der Waals surface area contributed by atoms with Crippen molar-refractivity contribution < 1.29 is 13.2 Å². The lowest BCUT2D eigenvalue weighted by atomic mass is 10.1. The second-order valence-corrected chi connectivity index (χ2v) is 8.91. The minimum absolute atomic E-state index is 0.144. The predicted molar refractivity (Wildman–Crippen MR) is 129 cm³/mol. The van der Waals surface area contributed by atoms with E-state index < -0.39 is 10.0 Å². The van der Waals surface area contributed by atoms with Crippen LogP contribution in [0.25, 0.3) is 16.9 Å². The van der Waals surface area contributed by atoms with E-state index in [1.807, 2.05) is 60.8 Å². The van der Waals surface area contributed by atoms with Crippen LogP contribution < -0.4 is 9.57 Å². The first-order valence-electron chi connectivity index (χ1n) is 10.5. The third kappa shape index (κ3) is 5.48. The first kappa shape index (κ1) is 22.3. The van der Waals surface area contributed by atoms with Gasteiger partial charge in [-0.3, -0.25) is 0 Å². The van der Waals surface area contributed by atoms with Gasteiger partial charge in [0.25, 0.3) is 10.0 Å². The van der Waals surface area contributed by atoms with Crippen molar-refractivity contribution in [3.8, 4) is 22.7 Å². The summed E-state index contributed by atoms with van der Waals surface area (Å²) in [5.41, 5.74) is 3.08. The average Bonchev–Trinajstić information content (AvgIpc) is 3.28. The van der Waals surface area contributed by atoms with E-state index in [-0.39, 0.29) is 4.90 Å². The molecule has 0 unspecified atom stereocenters. The molecular formula is C25H24N4O3S. The highest BCUT2D eigenvalue weighted by Gasteiger charge is 2.14. The normalized spacial score (nSPS) is 11.5. The van der Waals surface area contributed by atoms with Gasteiger partial charge in [-0.15, -0.1) is 0 Å². The maximum atomic E-state index is 12.5. The van der Waals surface area contributed by atoms with Gasteiger partial charge in [-0.2, -0.15) is 18.6 Å². The van der Waals surface area contributed by atoms with Crippen LogP contribution in [-0.2, 0) is 10.0 Å². The molecule has 168 valence electrons. The Morgan fingerprint density at radius 1 is 0.970 bits per heavy atom. The number of sulfonamides is 1. The van der Waals surface area contributed by atoms with E-state index in [1.165, 1.54) is 18.3 Å². The largest absolute Gasteiger partial charge is 0.494 e. The Morgan fingerprint density at radius 2 is 1.64 bits per heavy atom. The van der Waals surface area contributed by atoms with E-state index in [0.717, 1.165) is 23.4 Å². The quantitative estimate of drug-likeness (QED) is 0.291. The monoisotopic (exact) mass is 460 g/mol. The Morgan fingerprint density at radius 3 is 2.30 bits per heavy atom. The molecule has 7 nitrogen and oxygen atoms in total. The topological polar surface area (TPSA) is 85.6 Å². The highest BCUT2D eigenvalue weighted by molar-refractivity contribution is 7.89. The van der Waals surface area contributed by atoms with Gasteiger partial charge in [-0.05, 0) is 55.0 Å². The highest BCUT2D eigenvalue weighted by Crippen LogP contribution is 2.25. The smallest absolute Gasteiger partial charge is 0.276 e. The summed E-state index contributed by atoms with van der Waals surface area (Å²) < 4.78 is 32.3. The highest BCUT2D eigenvalue weighted by atomic mass is 32.2. The van der Waals surface area contributed by atoms with Gasteiger partial charge in [0.15, 0.2) is 0 Å². The number of benzene rings is 3. The molecule has 0 radical (unpaired) electrons. The average molecular weight is 461 g/mol. The molecule has 1 aromatic heterocycles. The maximum absolute atomic E-state index is 12.5. The zero-order valence-electron chi connectivity index (χ0n) is 18.1. The number of nitrogens with zero attached hydrogens (tertiary/aromatic N) is 3. The molecule has 0 saturated heterocycles. The minimum atomic E-state index is -3.76. The van der Waals surface area contributed by atoms with Crippen LogP contribution in [0.4, 0.5) is 0 Å². The number of para-hydroxylation sites is 1. The molecular weight excluding hydrogens is 436 g/mol. The summed E-state index contributed by atoms with van der Waals surface area (Å²) in [6.45, 7) is 2.71. The van der Waals surface area contributed by atoms with Crippen LogP contribution in [0.3, 0.4) is 0 Å². The fourth-order valence-electron chi connectivity index (χ4n) is 3.17. The minimum Gasteiger partial charge on any atom is -0.494 e. The molecule has 0 fully saturated rings. The van der Waals surface area contributed by atoms with Gasteiger partial charge in [0, 0.05) is 17.3 Å². The number of aromatic nitrogens is 2. The SMILES string of the molecule is CCCOc1ccc(-c2nn(-c3ccccc3)cc2C=NNS(=O)(=O)c2ccccc2)cc1. The van der Waals surface area contributed by atoms with Crippen LogP contribution in [-0.4, -0.2) is 31.0 Å². The van der Waals surface area contributed by atoms with Gasteiger partial charge in [-0.1, -0.05) is 43.3 Å². The number of hydrogen-bond acceptors (Lipinski definition) is 5. The summed E-state index contributed by atoms with van der Waals surface area (Å²) in [6.07, 6.45) is 4.21. The van der Waals surface area contributed by atoms with Gasteiger partial charge in [0.1, 0.15) is 11.4 Å². The van der Waals surface area contributed by atoms with E-state index in [1.54, 1.807) is 22.9 Å². The third-order valence-electron chi connectivity index (χ3n) is 4.79. The lowest BCUT2D eigenvalue weighted by Gasteiger charge is -2.05. The molecule has 8 heteroatoms. The van der Waals surface area contributed by atoms with Crippen molar-refractivity contribution in [2.24, 2.45) is 5.10 Å². The second kappa shape index (κ2) is 10.1. The molecule has 4 aromatic rings. The maximum Gasteiger partial charge on any atom is 0.276 e. The van der Waals surface area contributed by atoms with Crippen molar-refractivity contribution in [1.82, 2.24) is 14.6 Å². The molecule has 0 amide bonds. The second-order valence-electron chi connectivity index (χ2n) is 7.25. The summed E-state index contributed by atoms with van der Waals surface area (Å²) in [7, 11) is -3.76. The van der Waals surface area contributed by atoms with Gasteiger partial charge in [-0.25, -0.2) is 9.51 Å². The Kier molecular flexibility index (Phi) is 6.85. The molecule has 0 spiro atoms. The summed E-state index contributed by atoms with van der Waals surface area (Å²) in [5.74, 6) is 0.786. The van der Waals surface area contributed by atoms with Crippen LogP contribution in [0.1, 0.15) is 18.9 Å². The molecule has 0 saturated carbocycles. The summed E-state index contributed by atoms with van der Waals surface area (Å²) in [4.78, 5) is 2.41. The van der Waals surface area contributed by atoms with E-state index in [0.29, 0.717) is 17.9 Å². The molecule has 1 heterocycles.